The molecule has 2 amide bonds. The van der Waals surface area contributed by atoms with Crippen molar-refractivity contribution < 1.29 is 38.1 Å². The molecule has 0 aliphatic carbocycles. The second kappa shape index (κ2) is 13.5. The normalized spacial score (nSPS) is 12.1. The standard InChI is InChI=1S/C28H36N2O8/c1-27(2,3)37-24(32)22(30-26(34)38-28(4,5)6)18-36-25(33)29-21-14-12-19(13-15-21)16-23(31)35-17-20-10-8-7-9-11-20/h7-15,22H,16-18H2,1-6H3,(H,29,33)(H,30,34)/t22-/m1/s1. The summed E-state index contributed by atoms with van der Waals surface area (Å²) in [5, 5.41) is 4.91. The number of benzene rings is 2. The summed E-state index contributed by atoms with van der Waals surface area (Å²) in [5.74, 6) is -1.15. The van der Waals surface area contributed by atoms with Gasteiger partial charge in [0.25, 0.3) is 0 Å². The zero-order valence-corrected chi connectivity index (χ0v) is 22.7. The Labute approximate surface area is 223 Å². The van der Waals surface area contributed by atoms with Crippen LogP contribution in [0.4, 0.5) is 15.3 Å². The molecule has 0 saturated carbocycles. The topological polar surface area (TPSA) is 129 Å². The van der Waals surface area contributed by atoms with E-state index in [9.17, 15) is 19.2 Å². The van der Waals surface area contributed by atoms with Crippen LogP contribution in [0.2, 0.25) is 0 Å². The van der Waals surface area contributed by atoms with Gasteiger partial charge in [0.1, 0.15) is 24.4 Å². The molecule has 10 nitrogen and oxygen atoms in total. The van der Waals surface area contributed by atoms with Crippen molar-refractivity contribution in [3.63, 3.8) is 0 Å². The predicted molar refractivity (Wildman–Crippen MR) is 140 cm³/mol. The predicted octanol–water partition coefficient (Wildman–Crippen LogP) is 4.76. The van der Waals surface area contributed by atoms with Crippen LogP contribution in [0.25, 0.3) is 0 Å². The van der Waals surface area contributed by atoms with E-state index in [1.54, 1.807) is 65.8 Å². The van der Waals surface area contributed by atoms with E-state index in [4.69, 9.17) is 18.9 Å². The quantitative estimate of drug-likeness (QED) is 0.352. The first kappa shape index (κ1) is 30.1. The minimum atomic E-state index is -1.28. The number of esters is 2. The van der Waals surface area contributed by atoms with Crippen LogP contribution in [0, 0.1) is 0 Å². The Kier molecular flexibility index (Phi) is 10.7. The zero-order valence-electron chi connectivity index (χ0n) is 22.7. The van der Waals surface area contributed by atoms with Crippen molar-refractivity contribution in [2.75, 3.05) is 11.9 Å². The van der Waals surface area contributed by atoms with Crippen molar-refractivity contribution in [2.24, 2.45) is 0 Å². The van der Waals surface area contributed by atoms with Gasteiger partial charge >= 0.3 is 24.1 Å². The lowest BCUT2D eigenvalue weighted by atomic mass is 10.1. The van der Waals surface area contributed by atoms with Gasteiger partial charge in [-0.25, -0.2) is 14.4 Å². The van der Waals surface area contributed by atoms with Crippen molar-refractivity contribution in [3.05, 3.63) is 65.7 Å². The van der Waals surface area contributed by atoms with E-state index in [0.717, 1.165) is 5.56 Å². The Bertz CT molecular complexity index is 1090. The molecule has 0 unspecified atom stereocenters. The Morgan fingerprint density at radius 3 is 1.92 bits per heavy atom. The summed E-state index contributed by atoms with van der Waals surface area (Å²) in [6.45, 7) is 9.78. The van der Waals surface area contributed by atoms with Gasteiger partial charge in [0.15, 0.2) is 6.04 Å². The summed E-state index contributed by atoms with van der Waals surface area (Å²) in [5.41, 5.74) is 0.405. The SMILES string of the molecule is CC(C)(C)OC(=O)N[C@H](COC(=O)Nc1ccc(CC(=O)OCc2ccccc2)cc1)C(=O)OC(C)(C)C. The van der Waals surface area contributed by atoms with Crippen LogP contribution in [0.5, 0.6) is 0 Å². The van der Waals surface area contributed by atoms with Gasteiger partial charge < -0.3 is 24.3 Å². The molecule has 2 N–H and O–H groups in total. The molecule has 0 aromatic heterocycles. The molecule has 1 atom stereocenters. The van der Waals surface area contributed by atoms with E-state index < -0.39 is 42.0 Å². The monoisotopic (exact) mass is 528 g/mol. The second-order valence-electron chi connectivity index (χ2n) is 10.5. The highest BCUT2D eigenvalue weighted by atomic mass is 16.6. The summed E-state index contributed by atoms with van der Waals surface area (Å²) >= 11 is 0. The van der Waals surface area contributed by atoms with Crippen LogP contribution in [-0.4, -0.2) is 48.0 Å². The average Bonchev–Trinajstić information content (AvgIpc) is 2.80. The Morgan fingerprint density at radius 1 is 0.737 bits per heavy atom. The second-order valence-corrected chi connectivity index (χ2v) is 10.5. The minimum absolute atomic E-state index is 0.0749. The molecule has 2 rings (SSSR count). The van der Waals surface area contributed by atoms with Crippen molar-refractivity contribution in [2.45, 2.75) is 71.8 Å². The molecular formula is C28H36N2O8. The number of alkyl carbamates (subject to hydrolysis) is 1. The smallest absolute Gasteiger partial charge is 0.411 e. The van der Waals surface area contributed by atoms with Crippen molar-refractivity contribution in [1.29, 1.82) is 0 Å². The summed E-state index contributed by atoms with van der Waals surface area (Å²) in [6.07, 6.45) is -1.62. The fraction of sp³-hybridized carbons (Fsp3) is 0.429. The molecule has 0 heterocycles. The molecule has 0 radical (unpaired) electrons. The molecule has 38 heavy (non-hydrogen) atoms. The number of anilines is 1. The fourth-order valence-corrected chi connectivity index (χ4v) is 2.97. The molecule has 0 saturated heterocycles. The third kappa shape index (κ3) is 12.2. The van der Waals surface area contributed by atoms with Crippen molar-refractivity contribution in [1.82, 2.24) is 5.32 Å². The summed E-state index contributed by atoms with van der Waals surface area (Å²) in [7, 11) is 0. The highest BCUT2D eigenvalue weighted by Crippen LogP contribution is 2.13. The molecule has 0 fully saturated rings. The summed E-state index contributed by atoms with van der Waals surface area (Å²) in [4.78, 5) is 49.1. The maximum atomic E-state index is 12.5. The first-order valence-corrected chi connectivity index (χ1v) is 12.1. The van der Waals surface area contributed by atoms with Crippen LogP contribution in [-0.2, 0) is 41.6 Å². The van der Waals surface area contributed by atoms with Crippen molar-refractivity contribution >= 4 is 29.8 Å². The van der Waals surface area contributed by atoms with Crippen LogP contribution >= 0.6 is 0 Å². The Hall–Kier alpha value is -4.08. The maximum absolute atomic E-state index is 12.5. The van der Waals surface area contributed by atoms with Gasteiger partial charge in [0, 0.05) is 5.69 Å². The first-order valence-electron chi connectivity index (χ1n) is 12.1. The van der Waals surface area contributed by atoms with Gasteiger partial charge in [-0.1, -0.05) is 42.5 Å². The summed E-state index contributed by atoms with van der Waals surface area (Å²) < 4.78 is 20.9. The molecule has 0 aliphatic heterocycles. The number of carbonyl (C=O) groups excluding carboxylic acids is 4. The van der Waals surface area contributed by atoms with Gasteiger partial charge in [-0.15, -0.1) is 0 Å². The van der Waals surface area contributed by atoms with E-state index in [2.05, 4.69) is 10.6 Å². The average molecular weight is 529 g/mol. The fourth-order valence-electron chi connectivity index (χ4n) is 2.97. The largest absolute Gasteiger partial charge is 0.461 e. The number of rotatable bonds is 9. The third-order valence-corrected chi connectivity index (χ3v) is 4.55. The number of hydrogen-bond acceptors (Lipinski definition) is 8. The van der Waals surface area contributed by atoms with Gasteiger partial charge in [-0.05, 0) is 64.8 Å². The van der Waals surface area contributed by atoms with E-state index in [0.29, 0.717) is 11.3 Å². The molecule has 2 aromatic carbocycles. The maximum Gasteiger partial charge on any atom is 0.411 e. The highest BCUT2D eigenvalue weighted by Gasteiger charge is 2.30. The number of nitrogens with one attached hydrogen (secondary N) is 2. The van der Waals surface area contributed by atoms with Crippen LogP contribution in [0.15, 0.2) is 54.6 Å². The number of carbonyl (C=O) groups is 4. The minimum Gasteiger partial charge on any atom is -0.461 e. The van der Waals surface area contributed by atoms with Gasteiger partial charge in [-0.3, -0.25) is 10.1 Å². The van der Waals surface area contributed by atoms with Crippen LogP contribution in [0.3, 0.4) is 0 Å². The lowest BCUT2D eigenvalue weighted by molar-refractivity contribution is -0.158. The number of ether oxygens (including phenoxy) is 4. The number of hydrogen-bond donors (Lipinski definition) is 2. The molecule has 2 aromatic rings. The van der Waals surface area contributed by atoms with Gasteiger partial charge in [-0.2, -0.15) is 0 Å². The molecule has 0 aliphatic rings. The highest BCUT2D eigenvalue weighted by molar-refractivity contribution is 5.86. The lowest BCUT2D eigenvalue weighted by Gasteiger charge is -2.26. The van der Waals surface area contributed by atoms with E-state index in [-0.39, 0.29) is 19.0 Å². The zero-order chi connectivity index (χ0) is 28.3. The van der Waals surface area contributed by atoms with Crippen molar-refractivity contribution in [3.8, 4) is 0 Å². The van der Waals surface area contributed by atoms with Gasteiger partial charge in [0.05, 0.1) is 6.42 Å². The third-order valence-electron chi connectivity index (χ3n) is 4.55. The van der Waals surface area contributed by atoms with Crippen LogP contribution < -0.4 is 10.6 Å². The van der Waals surface area contributed by atoms with Gasteiger partial charge in [0.2, 0.25) is 0 Å². The first-order chi connectivity index (χ1) is 17.7. The van der Waals surface area contributed by atoms with E-state index >= 15 is 0 Å². The van der Waals surface area contributed by atoms with E-state index in [1.165, 1.54) is 0 Å². The molecule has 10 heteroatoms. The molecular weight excluding hydrogens is 492 g/mol. The van der Waals surface area contributed by atoms with Crippen LogP contribution in [0.1, 0.15) is 52.7 Å². The lowest BCUT2D eigenvalue weighted by Crippen LogP contribution is -2.48. The Morgan fingerprint density at radius 2 is 1.34 bits per heavy atom. The summed E-state index contributed by atoms with van der Waals surface area (Å²) in [6, 6.07) is 14.6. The Balaban J connectivity index is 1.87. The van der Waals surface area contributed by atoms with E-state index in [1.807, 2.05) is 30.3 Å². The molecule has 0 spiro atoms. The number of amides is 2. The molecule has 206 valence electrons. The molecule has 0 bridgehead atoms.